The Morgan fingerprint density at radius 2 is 1.74 bits per heavy atom. The largest absolute Gasteiger partial charge is 0.478 e. The van der Waals surface area contributed by atoms with E-state index < -0.39 is 17.4 Å². The average molecular weight is 324 g/mol. The summed E-state index contributed by atoms with van der Waals surface area (Å²) in [5.74, 6) is -1.76. The molecule has 1 heterocycles. The first-order chi connectivity index (χ1) is 10.7. The SMILES string of the molecule is CC(C)(C)OC(=O)N1CCN(c2cc(F)cc(C(=O)O)c2)CC1. The zero-order chi connectivity index (χ0) is 17.2. The number of carbonyl (C=O) groups is 2. The highest BCUT2D eigenvalue weighted by Gasteiger charge is 2.26. The van der Waals surface area contributed by atoms with Crippen LogP contribution in [0.2, 0.25) is 0 Å². The summed E-state index contributed by atoms with van der Waals surface area (Å²) in [6.45, 7) is 7.27. The van der Waals surface area contributed by atoms with Gasteiger partial charge in [0, 0.05) is 31.9 Å². The number of piperazine rings is 1. The van der Waals surface area contributed by atoms with E-state index in [1.807, 2.05) is 4.90 Å². The van der Waals surface area contributed by atoms with Crippen LogP contribution in [0.5, 0.6) is 0 Å². The Balaban J connectivity index is 2.02. The van der Waals surface area contributed by atoms with Crippen LogP contribution in [0.25, 0.3) is 0 Å². The van der Waals surface area contributed by atoms with Crippen LogP contribution in [0.1, 0.15) is 31.1 Å². The second kappa shape index (κ2) is 6.44. The average Bonchev–Trinajstić information content (AvgIpc) is 2.45. The van der Waals surface area contributed by atoms with E-state index in [-0.39, 0.29) is 11.7 Å². The number of anilines is 1. The van der Waals surface area contributed by atoms with Crippen molar-refractivity contribution in [3.8, 4) is 0 Å². The van der Waals surface area contributed by atoms with Crippen molar-refractivity contribution >= 4 is 17.7 Å². The number of carbonyl (C=O) groups excluding carboxylic acids is 1. The molecule has 0 bridgehead atoms. The minimum absolute atomic E-state index is 0.0884. The van der Waals surface area contributed by atoms with Crippen molar-refractivity contribution in [3.05, 3.63) is 29.6 Å². The number of hydrogen-bond donors (Lipinski definition) is 1. The summed E-state index contributed by atoms with van der Waals surface area (Å²) in [4.78, 5) is 26.5. The molecule has 1 aromatic carbocycles. The molecule has 23 heavy (non-hydrogen) atoms. The van der Waals surface area contributed by atoms with Crippen LogP contribution in [0, 0.1) is 5.82 Å². The molecular weight excluding hydrogens is 303 g/mol. The fourth-order valence-electron chi connectivity index (χ4n) is 2.35. The lowest BCUT2D eigenvalue weighted by molar-refractivity contribution is 0.0240. The number of hydrogen-bond acceptors (Lipinski definition) is 4. The van der Waals surface area contributed by atoms with E-state index in [0.29, 0.717) is 31.9 Å². The lowest BCUT2D eigenvalue weighted by Crippen LogP contribution is -2.50. The summed E-state index contributed by atoms with van der Waals surface area (Å²) < 4.78 is 18.9. The van der Waals surface area contributed by atoms with E-state index in [1.165, 1.54) is 12.1 Å². The molecule has 1 amide bonds. The predicted octanol–water partition coefficient (Wildman–Crippen LogP) is 2.58. The molecule has 0 aromatic heterocycles. The summed E-state index contributed by atoms with van der Waals surface area (Å²) in [5.41, 5.74) is -0.131. The molecule has 1 fully saturated rings. The maximum absolute atomic E-state index is 13.6. The molecule has 1 aromatic rings. The minimum Gasteiger partial charge on any atom is -0.478 e. The number of halogens is 1. The van der Waals surface area contributed by atoms with Crippen LogP contribution in [0.3, 0.4) is 0 Å². The van der Waals surface area contributed by atoms with E-state index in [0.717, 1.165) is 6.07 Å². The van der Waals surface area contributed by atoms with E-state index in [1.54, 1.807) is 25.7 Å². The highest BCUT2D eigenvalue weighted by Crippen LogP contribution is 2.21. The number of carboxylic acid groups (broad SMARTS) is 1. The van der Waals surface area contributed by atoms with Gasteiger partial charge in [-0.05, 0) is 39.0 Å². The molecule has 0 spiro atoms. The molecule has 1 saturated heterocycles. The minimum atomic E-state index is -1.17. The lowest BCUT2D eigenvalue weighted by atomic mass is 10.1. The summed E-state index contributed by atoms with van der Waals surface area (Å²) in [5, 5.41) is 9.00. The van der Waals surface area contributed by atoms with Crippen molar-refractivity contribution < 1.29 is 23.8 Å². The monoisotopic (exact) mass is 324 g/mol. The first kappa shape index (κ1) is 17.1. The molecule has 0 atom stereocenters. The summed E-state index contributed by atoms with van der Waals surface area (Å²) in [7, 11) is 0. The molecule has 2 rings (SSSR count). The van der Waals surface area contributed by atoms with Gasteiger partial charge in [0.1, 0.15) is 11.4 Å². The molecular formula is C16H21FN2O4. The first-order valence-corrected chi connectivity index (χ1v) is 7.42. The van der Waals surface area contributed by atoms with Crippen LogP contribution in [0.4, 0.5) is 14.9 Å². The van der Waals surface area contributed by atoms with E-state index in [4.69, 9.17) is 9.84 Å². The molecule has 6 nitrogen and oxygen atoms in total. The van der Waals surface area contributed by atoms with Crippen molar-refractivity contribution in [2.24, 2.45) is 0 Å². The quantitative estimate of drug-likeness (QED) is 0.905. The normalized spacial score (nSPS) is 15.5. The molecule has 1 aliphatic rings. The van der Waals surface area contributed by atoms with Crippen molar-refractivity contribution in [1.29, 1.82) is 0 Å². The number of rotatable bonds is 2. The maximum atomic E-state index is 13.6. The zero-order valence-electron chi connectivity index (χ0n) is 13.5. The van der Waals surface area contributed by atoms with Gasteiger partial charge in [-0.15, -0.1) is 0 Å². The molecule has 7 heteroatoms. The lowest BCUT2D eigenvalue weighted by Gasteiger charge is -2.36. The van der Waals surface area contributed by atoms with E-state index in [9.17, 15) is 14.0 Å². The molecule has 0 radical (unpaired) electrons. The van der Waals surface area contributed by atoms with Crippen molar-refractivity contribution in [2.45, 2.75) is 26.4 Å². The Bertz CT molecular complexity index is 605. The van der Waals surface area contributed by atoms with E-state index in [2.05, 4.69) is 0 Å². The van der Waals surface area contributed by atoms with Crippen LogP contribution in [0.15, 0.2) is 18.2 Å². The highest BCUT2D eigenvalue weighted by atomic mass is 19.1. The van der Waals surface area contributed by atoms with Crippen LogP contribution < -0.4 is 4.90 Å². The number of nitrogens with zero attached hydrogens (tertiary/aromatic N) is 2. The van der Waals surface area contributed by atoms with Crippen LogP contribution >= 0.6 is 0 Å². The Labute approximate surface area is 134 Å². The zero-order valence-corrected chi connectivity index (χ0v) is 13.5. The number of aromatic carboxylic acids is 1. The molecule has 1 N–H and O–H groups in total. The number of benzene rings is 1. The molecule has 0 saturated carbocycles. The Hall–Kier alpha value is -2.31. The van der Waals surface area contributed by atoms with Gasteiger partial charge in [-0.3, -0.25) is 0 Å². The Kier molecular flexibility index (Phi) is 4.77. The topological polar surface area (TPSA) is 70.1 Å². The van der Waals surface area contributed by atoms with Crippen molar-refractivity contribution in [1.82, 2.24) is 4.90 Å². The van der Waals surface area contributed by atoms with Crippen molar-refractivity contribution in [2.75, 3.05) is 31.1 Å². The first-order valence-electron chi connectivity index (χ1n) is 7.42. The molecule has 1 aliphatic heterocycles. The van der Waals surface area contributed by atoms with Gasteiger partial charge in [0.15, 0.2) is 0 Å². The van der Waals surface area contributed by atoms with Gasteiger partial charge < -0.3 is 19.6 Å². The predicted molar refractivity (Wildman–Crippen MR) is 83.4 cm³/mol. The summed E-state index contributed by atoms with van der Waals surface area (Å²) >= 11 is 0. The third-order valence-corrected chi connectivity index (χ3v) is 3.43. The third-order valence-electron chi connectivity index (χ3n) is 3.43. The standard InChI is InChI=1S/C16H21FN2O4/c1-16(2,3)23-15(22)19-6-4-18(5-7-19)13-9-11(14(20)21)8-12(17)10-13/h8-10H,4-7H2,1-3H3,(H,20,21). The Morgan fingerprint density at radius 1 is 1.13 bits per heavy atom. The van der Waals surface area contributed by atoms with Gasteiger partial charge >= 0.3 is 12.1 Å². The number of amides is 1. The van der Waals surface area contributed by atoms with Gasteiger partial charge in [0.2, 0.25) is 0 Å². The second-order valence-electron chi connectivity index (χ2n) is 6.46. The fraction of sp³-hybridized carbons (Fsp3) is 0.500. The summed E-state index contributed by atoms with van der Waals surface area (Å²) in [6.07, 6.45) is -0.373. The number of carboxylic acids is 1. The van der Waals surface area contributed by atoms with Gasteiger partial charge in [-0.2, -0.15) is 0 Å². The maximum Gasteiger partial charge on any atom is 0.410 e. The molecule has 0 aliphatic carbocycles. The second-order valence-corrected chi connectivity index (χ2v) is 6.46. The van der Waals surface area contributed by atoms with Crippen molar-refractivity contribution in [3.63, 3.8) is 0 Å². The van der Waals surface area contributed by atoms with Gasteiger partial charge in [0.05, 0.1) is 5.56 Å². The van der Waals surface area contributed by atoms with Crippen LogP contribution in [-0.4, -0.2) is 53.8 Å². The van der Waals surface area contributed by atoms with Gasteiger partial charge in [0.25, 0.3) is 0 Å². The van der Waals surface area contributed by atoms with E-state index >= 15 is 0 Å². The fourth-order valence-corrected chi connectivity index (χ4v) is 2.35. The highest BCUT2D eigenvalue weighted by molar-refractivity contribution is 5.89. The third kappa shape index (κ3) is 4.58. The molecule has 0 unspecified atom stereocenters. The summed E-state index contributed by atoms with van der Waals surface area (Å²) in [6, 6.07) is 3.73. The van der Waals surface area contributed by atoms with Gasteiger partial charge in [-0.25, -0.2) is 14.0 Å². The van der Waals surface area contributed by atoms with Crippen LogP contribution in [-0.2, 0) is 4.74 Å². The Morgan fingerprint density at radius 3 is 2.26 bits per heavy atom. The molecule has 126 valence electrons. The smallest absolute Gasteiger partial charge is 0.410 e. The van der Waals surface area contributed by atoms with Gasteiger partial charge in [-0.1, -0.05) is 0 Å². The number of ether oxygens (including phenoxy) is 1.